The Kier molecular flexibility index (Phi) is 8.83. The summed E-state index contributed by atoms with van der Waals surface area (Å²) in [6.07, 6.45) is -2.40. The number of aliphatic hydroxyl groups is 1. The number of nitrogens with zero attached hydrogens (tertiary/aromatic N) is 1. The second-order valence-electron chi connectivity index (χ2n) is 7.85. The quantitative estimate of drug-likeness (QED) is 0.345. The maximum atomic E-state index is 14.0. The minimum absolute atomic E-state index is 0.0546. The molecule has 0 amide bonds. The third-order valence-corrected chi connectivity index (χ3v) is 11.8. The number of aromatic amines is 1. The Bertz CT molecular complexity index is 1330. The molecule has 1 aliphatic rings. The minimum atomic E-state index is -3.52. The van der Waals surface area contributed by atoms with Gasteiger partial charge < -0.3 is 23.8 Å². The minimum Gasteiger partial charge on any atom is -0.497 e. The van der Waals surface area contributed by atoms with E-state index in [2.05, 4.69) is 0 Å². The topological polar surface area (TPSA) is 129 Å². The number of rotatable bonds is 10. The molecule has 3 atom stereocenters. The number of hydrogen-bond donors (Lipinski definition) is 2. The first-order valence-electron chi connectivity index (χ1n) is 11.0. The first-order chi connectivity index (χ1) is 17.7. The zero-order valence-corrected chi connectivity index (χ0v) is 22.3. The predicted molar refractivity (Wildman–Crippen MR) is 137 cm³/mol. The van der Waals surface area contributed by atoms with Crippen molar-refractivity contribution in [1.29, 1.82) is 0 Å². The highest BCUT2D eigenvalue weighted by Crippen LogP contribution is 2.74. The molecule has 0 aliphatic carbocycles. The van der Waals surface area contributed by atoms with E-state index < -0.39 is 41.3 Å². The highest BCUT2D eigenvalue weighted by Gasteiger charge is 2.38. The van der Waals surface area contributed by atoms with Crippen molar-refractivity contribution in [2.75, 3.05) is 20.8 Å². The number of nitrogens with one attached hydrogen (secondary N) is 1. The normalized spacial score (nSPS) is 19.6. The van der Waals surface area contributed by atoms with Gasteiger partial charge in [-0.05, 0) is 71.3 Å². The molecule has 0 radical (unpaired) electrons. The molecule has 14 heteroatoms. The van der Waals surface area contributed by atoms with Gasteiger partial charge >= 0.3 is 11.5 Å². The van der Waals surface area contributed by atoms with Gasteiger partial charge in [-0.25, -0.2) is 4.79 Å². The molecular formula is C23H24FN2O8PS2. The van der Waals surface area contributed by atoms with Gasteiger partial charge in [-0.1, -0.05) is 0 Å². The van der Waals surface area contributed by atoms with Crippen molar-refractivity contribution in [3.63, 3.8) is 0 Å². The Morgan fingerprint density at radius 3 is 2.11 bits per heavy atom. The fourth-order valence-electron chi connectivity index (χ4n) is 3.48. The molecule has 0 unspecified atom stereocenters. The van der Waals surface area contributed by atoms with Crippen LogP contribution in [0.15, 0.2) is 74.1 Å². The highest BCUT2D eigenvalue weighted by molar-refractivity contribution is 8.89. The summed E-state index contributed by atoms with van der Waals surface area (Å²) in [6, 6.07) is 14.0. The molecule has 2 aromatic carbocycles. The fourth-order valence-corrected chi connectivity index (χ4v) is 9.94. The number of halogens is 1. The van der Waals surface area contributed by atoms with Crippen LogP contribution in [0.4, 0.5) is 4.39 Å². The molecular weight excluding hydrogens is 546 g/mol. The Balaban J connectivity index is 1.51. The van der Waals surface area contributed by atoms with Crippen LogP contribution >= 0.6 is 28.5 Å². The van der Waals surface area contributed by atoms with Gasteiger partial charge in [0, 0.05) is 16.2 Å². The van der Waals surface area contributed by atoms with Crippen LogP contribution in [0.2, 0.25) is 0 Å². The van der Waals surface area contributed by atoms with Gasteiger partial charge in [0.15, 0.2) is 0 Å². The Hall–Kier alpha value is -2.54. The maximum absolute atomic E-state index is 14.0. The summed E-state index contributed by atoms with van der Waals surface area (Å²) in [5.41, 5.74) is -2.02. The van der Waals surface area contributed by atoms with Crippen LogP contribution in [0, 0.1) is 5.82 Å². The van der Waals surface area contributed by atoms with E-state index >= 15 is 0 Å². The van der Waals surface area contributed by atoms with Crippen molar-refractivity contribution in [2.45, 2.75) is 34.6 Å². The van der Waals surface area contributed by atoms with Crippen molar-refractivity contribution in [1.82, 2.24) is 9.55 Å². The largest absolute Gasteiger partial charge is 0.497 e. The van der Waals surface area contributed by atoms with Crippen molar-refractivity contribution >= 4 is 28.5 Å². The second kappa shape index (κ2) is 11.9. The molecule has 1 saturated heterocycles. The number of methoxy groups -OCH3 is 2. The molecule has 1 fully saturated rings. The number of benzene rings is 2. The highest BCUT2D eigenvalue weighted by atomic mass is 33.1. The van der Waals surface area contributed by atoms with Crippen LogP contribution < -0.4 is 20.7 Å². The molecule has 4 rings (SSSR count). The van der Waals surface area contributed by atoms with Gasteiger partial charge in [0.25, 0.3) is 5.56 Å². The van der Waals surface area contributed by atoms with E-state index in [1.165, 1.54) is 0 Å². The van der Waals surface area contributed by atoms with E-state index in [0.717, 1.165) is 33.5 Å². The van der Waals surface area contributed by atoms with E-state index in [1.54, 1.807) is 62.8 Å². The lowest BCUT2D eigenvalue weighted by Gasteiger charge is -2.21. The van der Waals surface area contributed by atoms with Gasteiger partial charge in [0.05, 0.1) is 33.1 Å². The summed E-state index contributed by atoms with van der Waals surface area (Å²) in [5.74, 6) is -3.39. The predicted octanol–water partition coefficient (Wildman–Crippen LogP) is 4.05. The standard InChI is InChI=1S/C23H24FN2O8PS2/c1-31-14-3-7-16(8-4-14)36-35(30,37-17-9-5-15(32-2)6-10-17)33-13-20-19(27)11-21(34-20)26-12-18(24)22(28)25-23(26)29/h3-10,12,19-21,27H,11,13H2,1-2H3,(H,25,28,29)/t19-,20+,21+/m0/s1. The molecule has 1 aliphatic heterocycles. The SMILES string of the molecule is COc1ccc(SP(=O)(OC[C@H]2O[C@@H](n3cc(F)c(=O)[nH]c3=O)C[C@@H]2O)Sc2ccc(OC)cc2)cc1. The van der Waals surface area contributed by atoms with Gasteiger partial charge in [0.2, 0.25) is 5.82 Å². The molecule has 2 N–H and O–H groups in total. The molecule has 3 aromatic rings. The van der Waals surface area contributed by atoms with Gasteiger partial charge in [-0.2, -0.15) is 4.39 Å². The number of aromatic nitrogens is 2. The van der Waals surface area contributed by atoms with Gasteiger partial charge in [0.1, 0.15) is 23.8 Å². The lowest BCUT2D eigenvalue weighted by molar-refractivity contribution is -0.0398. The van der Waals surface area contributed by atoms with E-state index in [4.69, 9.17) is 18.7 Å². The summed E-state index contributed by atoms with van der Waals surface area (Å²) >= 11 is 2.06. The summed E-state index contributed by atoms with van der Waals surface area (Å²) in [7, 11) is 3.09. The fraction of sp³-hybridized carbons (Fsp3) is 0.304. The number of aliphatic hydroxyl groups excluding tert-OH is 1. The van der Waals surface area contributed by atoms with Crippen LogP contribution in [0.3, 0.4) is 0 Å². The molecule has 1 aromatic heterocycles. The Morgan fingerprint density at radius 2 is 1.59 bits per heavy atom. The lowest BCUT2D eigenvalue weighted by atomic mass is 10.2. The average molecular weight is 571 g/mol. The molecule has 0 saturated carbocycles. The van der Waals surface area contributed by atoms with E-state index in [1.807, 2.05) is 4.98 Å². The number of ether oxygens (including phenoxy) is 3. The van der Waals surface area contributed by atoms with Gasteiger partial charge in [-0.3, -0.25) is 18.9 Å². The zero-order chi connectivity index (χ0) is 26.6. The van der Waals surface area contributed by atoms with Crippen LogP contribution in [0.25, 0.3) is 0 Å². The van der Waals surface area contributed by atoms with E-state index in [-0.39, 0.29) is 13.0 Å². The molecule has 10 nitrogen and oxygen atoms in total. The van der Waals surface area contributed by atoms with Crippen molar-refractivity contribution in [3.8, 4) is 11.5 Å². The first-order valence-corrected chi connectivity index (χ1v) is 15.4. The van der Waals surface area contributed by atoms with Gasteiger partial charge in [-0.15, -0.1) is 0 Å². The monoisotopic (exact) mass is 570 g/mol. The van der Waals surface area contributed by atoms with E-state index in [0.29, 0.717) is 21.3 Å². The molecule has 2 heterocycles. The number of hydrogen-bond acceptors (Lipinski definition) is 10. The third kappa shape index (κ3) is 6.86. The smallest absolute Gasteiger partial charge is 0.330 e. The zero-order valence-electron chi connectivity index (χ0n) is 19.7. The first kappa shape index (κ1) is 27.5. The molecule has 0 bridgehead atoms. The summed E-state index contributed by atoms with van der Waals surface area (Å²) in [4.78, 5) is 26.6. The second-order valence-corrected chi connectivity index (χ2v) is 15.0. The summed E-state index contributed by atoms with van der Waals surface area (Å²) in [5, 5.41) is 10.5. The van der Waals surface area contributed by atoms with Crippen molar-refractivity contribution in [3.05, 3.63) is 81.4 Å². The van der Waals surface area contributed by atoms with Crippen LogP contribution in [0.5, 0.6) is 11.5 Å². The summed E-state index contributed by atoms with van der Waals surface area (Å²) in [6.45, 7) is -0.262. The van der Waals surface area contributed by atoms with Crippen LogP contribution in [0.1, 0.15) is 12.6 Å². The third-order valence-electron chi connectivity index (χ3n) is 5.39. The van der Waals surface area contributed by atoms with Crippen molar-refractivity contribution < 1.29 is 32.8 Å². The molecule has 0 spiro atoms. The lowest BCUT2D eigenvalue weighted by Crippen LogP contribution is -2.34. The molecule has 37 heavy (non-hydrogen) atoms. The Labute approximate surface area is 219 Å². The van der Waals surface area contributed by atoms with Crippen molar-refractivity contribution in [2.24, 2.45) is 0 Å². The van der Waals surface area contributed by atoms with E-state index in [9.17, 15) is 23.7 Å². The average Bonchev–Trinajstić information content (AvgIpc) is 3.26. The van der Waals surface area contributed by atoms with Crippen LogP contribution in [-0.2, 0) is 13.8 Å². The molecule has 198 valence electrons. The maximum Gasteiger partial charge on any atom is 0.330 e. The Morgan fingerprint density at radius 1 is 1.05 bits per heavy atom. The number of H-pyrrole nitrogens is 1. The van der Waals surface area contributed by atoms with Crippen LogP contribution in [-0.4, -0.2) is 47.7 Å². The summed E-state index contributed by atoms with van der Waals surface area (Å²) < 4.78 is 50.5.